The second-order valence-corrected chi connectivity index (χ2v) is 15.0. The van der Waals surface area contributed by atoms with Crippen LogP contribution < -0.4 is 16.0 Å². The summed E-state index contributed by atoms with van der Waals surface area (Å²) in [7, 11) is 1.64. The predicted octanol–water partition coefficient (Wildman–Crippen LogP) is 4.88. The molecule has 0 radical (unpaired) electrons. The largest absolute Gasteiger partial charge is 0.444 e. The summed E-state index contributed by atoms with van der Waals surface area (Å²) in [4.78, 5) is 50.9. The fourth-order valence-corrected chi connectivity index (χ4v) is 6.73. The summed E-state index contributed by atoms with van der Waals surface area (Å²) in [5, 5.41) is 34.8. The molecule has 51 heavy (non-hydrogen) atoms. The first-order valence-corrected chi connectivity index (χ1v) is 18.7. The van der Waals surface area contributed by atoms with Crippen LogP contribution in [0.5, 0.6) is 0 Å². The summed E-state index contributed by atoms with van der Waals surface area (Å²) >= 11 is 2.89. The van der Waals surface area contributed by atoms with Crippen molar-refractivity contribution < 1.29 is 29.3 Å². The van der Waals surface area contributed by atoms with Crippen LogP contribution in [0, 0.1) is 5.92 Å². The van der Waals surface area contributed by atoms with Crippen LogP contribution >= 0.6 is 22.7 Å². The van der Waals surface area contributed by atoms with Crippen molar-refractivity contribution in [2.24, 2.45) is 5.92 Å². The molecule has 0 aliphatic carbocycles. The number of carbonyl (C=O) groups is 3. The molecule has 0 saturated heterocycles. The highest BCUT2D eigenvalue weighted by Crippen LogP contribution is 2.20. The van der Waals surface area contributed by atoms with Gasteiger partial charge in [-0.25, -0.2) is 14.6 Å². The van der Waals surface area contributed by atoms with E-state index in [1.807, 2.05) is 79.9 Å². The summed E-state index contributed by atoms with van der Waals surface area (Å²) in [6.45, 7) is 8.02. The average molecular weight is 737 g/mol. The topological polar surface area (TPSA) is 166 Å². The number of aliphatic hydroxyl groups excluding tert-OH is 2. The molecule has 5 atom stereocenters. The van der Waals surface area contributed by atoms with Gasteiger partial charge in [-0.2, -0.15) is 0 Å². The van der Waals surface area contributed by atoms with Crippen molar-refractivity contribution in [1.82, 2.24) is 30.8 Å². The van der Waals surface area contributed by atoms with Crippen molar-refractivity contribution in [2.75, 3.05) is 7.05 Å². The summed E-state index contributed by atoms with van der Waals surface area (Å²) < 4.78 is 5.38. The zero-order valence-corrected chi connectivity index (χ0v) is 31.2. The van der Waals surface area contributed by atoms with Gasteiger partial charge in [-0.1, -0.05) is 88.4 Å². The third-order valence-corrected chi connectivity index (χ3v) is 10.2. The Morgan fingerprint density at radius 2 is 1.43 bits per heavy atom. The van der Waals surface area contributed by atoms with Crippen LogP contribution in [0.2, 0.25) is 0 Å². The lowest BCUT2D eigenvalue weighted by Gasteiger charge is -2.34. The fourth-order valence-electron chi connectivity index (χ4n) is 5.40. The van der Waals surface area contributed by atoms with Crippen molar-refractivity contribution >= 4 is 40.7 Å². The van der Waals surface area contributed by atoms with Crippen LogP contribution in [0.15, 0.2) is 77.8 Å². The molecular weight excluding hydrogens is 689 g/mol. The number of urea groups is 1. The van der Waals surface area contributed by atoms with Gasteiger partial charge in [-0.05, 0) is 29.9 Å². The van der Waals surface area contributed by atoms with E-state index in [1.165, 1.54) is 16.2 Å². The molecule has 2 aromatic carbocycles. The Labute approximate surface area is 307 Å². The number of aliphatic hydroxyl groups is 2. The Morgan fingerprint density at radius 3 is 1.94 bits per heavy atom. The average Bonchev–Trinajstić information content (AvgIpc) is 3.82. The van der Waals surface area contributed by atoms with E-state index < -0.39 is 48.4 Å². The molecule has 4 amide bonds. The molecule has 0 saturated carbocycles. The lowest BCUT2D eigenvalue weighted by molar-refractivity contribution is -0.126. The number of nitrogens with one attached hydrogen (secondary N) is 3. The number of amides is 4. The summed E-state index contributed by atoms with van der Waals surface area (Å²) in [6.07, 6.45) is -1.89. The van der Waals surface area contributed by atoms with E-state index in [1.54, 1.807) is 30.1 Å². The third-order valence-electron chi connectivity index (χ3n) is 8.27. The van der Waals surface area contributed by atoms with Crippen LogP contribution in [-0.2, 0) is 35.5 Å². The quantitative estimate of drug-likeness (QED) is 0.102. The van der Waals surface area contributed by atoms with Crippen LogP contribution in [-0.4, -0.2) is 80.5 Å². The molecule has 274 valence electrons. The lowest BCUT2D eigenvalue weighted by Crippen LogP contribution is -2.60. The van der Waals surface area contributed by atoms with Crippen molar-refractivity contribution in [3.63, 3.8) is 0 Å². The first kappa shape index (κ1) is 39.4. The minimum Gasteiger partial charge on any atom is -0.444 e. The van der Waals surface area contributed by atoms with Gasteiger partial charge in [0, 0.05) is 24.5 Å². The van der Waals surface area contributed by atoms with Gasteiger partial charge in [0.25, 0.3) is 0 Å². The third kappa shape index (κ3) is 12.1. The number of benzene rings is 2. The molecule has 0 aliphatic rings. The Balaban J connectivity index is 1.50. The van der Waals surface area contributed by atoms with E-state index in [9.17, 15) is 24.6 Å². The monoisotopic (exact) mass is 736 g/mol. The van der Waals surface area contributed by atoms with Crippen LogP contribution in [0.4, 0.5) is 9.59 Å². The summed E-state index contributed by atoms with van der Waals surface area (Å²) in [5.41, 5.74) is 4.01. The second-order valence-electron chi connectivity index (χ2n) is 13.1. The molecule has 0 spiro atoms. The molecule has 2 aromatic heterocycles. The number of ether oxygens (including phenoxy) is 1. The predicted molar refractivity (Wildman–Crippen MR) is 198 cm³/mol. The zero-order valence-electron chi connectivity index (χ0n) is 29.6. The van der Waals surface area contributed by atoms with Crippen molar-refractivity contribution in [3.05, 3.63) is 104 Å². The Hall–Kier alpha value is -4.37. The molecule has 14 heteroatoms. The van der Waals surface area contributed by atoms with E-state index in [0.717, 1.165) is 26.7 Å². The van der Waals surface area contributed by atoms with Gasteiger partial charge in [0.2, 0.25) is 5.91 Å². The first-order chi connectivity index (χ1) is 24.4. The van der Waals surface area contributed by atoms with Crippen LogP contribution in [0.25, 0.3) is 0 Å². The molecule has 0 fully saturated rings. The molecule has 0 bridgehead atoms. The van der Waals surface area contributed by atoms with E-state index in [0.29, 0.717) is 0 Å². The summed E-state index contributed by atoms with van der Waals surface area (Å²) in [5.74, 6) is -0.553. The van der Waals surface area contributed by atoms with Gasteiger partial charge in [0.05, 0.1) is 39.7 Å². The Morgan fingerprint density at radius 1 is 0.843 bits per heavy atom. The number of rotatable bonds is 17. The van der Waals surface area contributed by atoms with Gasteiger partial charge in [-0.3, -0.25) is 9.78 Å². The number of hydrogen-bond donors (Lipinski definition) is 5. The molecule has 5 N–H and O–H groups in total. The SMILES string of the molecule is CC(C)c1nc(CN(C)C(=O)N[C@H](C(=O)N[C@@H](Cc2ccccc2)[C@H](O)[C@H](O)[C@H](Cc2ccccc2)NC(=O)OCc2cncs2)C(C)C)cs1. The van der Waals surface area contributed by atoms with Gasteiger partial charge in [-0.15, -0.1) is 22.7 Å². The highest BCUT2D eigenvalue weighted by atomic mass is 32.1. The van der Waals surface area contributed by atoms with Gasteiger partial charge >= 0.3 is 12.1 Å². The number of alkyl carbamates (subject to hydrolysis) is 1. The normalized spacial score (nSPS) is 14.3. The van der Waals surface area contributed by atoms with Gasteiger partial charge in [0.1, 0.15) is 24.9 Å². The van der Waals surface area contributed by atoms with Crippen molar-refractivity contribution in [1.29, 1.82) is 0 Å². The second kappa shape index (κ2) is 19.3. The maximum absolute atomic E-state index is 13.9. The molecule has 0 unspecified atom stereocenters. The number of hydrogen-bond acceptors (Lipinski definition) is 10. The minimum atomic E-state index is -1.53. The number of nitrogens with zero attached hydrogens (tertiary/aromatic N) is 3. The minimum absolute atomic E-state index is 0.000151. The molecule has 4 aromatic rings. The number of thiazole rings is 2. The maximum atomic E-state index is 13.9. The smallest absolute Gasteiger partial charge is 0.407 e. The van der Waals surface area contributed by atoms with E-state index in [4.69, 9.17) is 4.74 Å². The fraction of sp³-hybridized carbons (Fsp3) is 0.432. The first-order valence-electron chi connectivity index (χ1n) is 16.9. The Kier molecular flexibility index (Phi) is 14.9. The number of aromatic nitrogens is 2. The molecular formula is C37H48N6O6S2. The standard InChI is InChI=1S/C37H48N6O6S2/c1-23(2)31(42-36(47)43(5)19-27-21-50-35(39-27)24(3)4)34(46)40-29(16-25-12-8-6-9-13-25)32(44)33(45)30(17-26-14-10-7-11-15-26)41-37(48)49-20-28-18-38-22-51-28/h6-15,18,21-24,29-33,44-45H,16-17,19-20H2,1-5H3,(H,40,46)(H,41,48)(H,42,47)/t29-,30-,31-,32-,33+/m0/s1. The zero-order chi connectivity index (χ0) is 36.9. The Bertz CT molecular complexity index is 1650. The van der Waals surface area contributed by atoms with E-state index in [-0.39, 0.29) is 37.8 Å². The summed E-state index contributed by atoms with van der Waals surface area (Å²) in [6, 6.07) is 15.1. The number of carbonyl (C=O) groups excluding carboxylic acids is 3. The van der Waals surface area contributed by atoms with Crippen molar-refractivity contribution in [3.8, 4) is 0 Å². The van der Waals surface area contributed by atoms with Gasteiger partial charge in [0.15, 0.2) is 0 Å². The highest BCUT2D eigenvalue weighted by molar-refractivity contribution is 7.09. The van der Waals surface area contributed by atoms with Gasteiger partial charge < -0.3 is 35.8 Å². The van der Waals surface area contributed by atoms with E-state index in [2.05, 4.69) is 39.8 Å². The molecule has 12 nitrogen and oxygen atoms in total. The lowest BCUT2D eigenvalue weighted by atomic mass is 9.90. The highest BCUT2D eigenvalue weighted by Gasteiger charge is 2.36. The van der Waals surface area contributed by atoms with Crippen LogP contribution in [0.3, 0.4) is 0 Å². The maximum Gasteiger partial charge on any atom is 0.407 e. The molecule has 4 rings (SSSR count). The van der Waals surface area contributed by atoms with Crippen molar-refractivity contribution in [2.45, 2.75) is 89.9 Å². The molecule has 0 aliphatic heterocycles. The van der Waals surface area contributed by atoms with Crippen LogP contribution in [0.1, 0.15) is 60.3 Å². The molecule has 2 heterocycles. The van der Waals surface area contributed by atoms with E-state index >= 15 is 0 Å².